The number of rotatable bonds is 6. The summed E-state index contributed by atoms with van der Waals surface area (Å²) in [6.07, 6.45) is 3.19. The van der Waals surface area contributed by atoms with Crippen molar-refractivity contribution in [3.05, 3.63) is 35.4 Å². The van der Waals surface area contributed by atoms with E-state index in [0.29, 0.717) is 6.42 Å². The molecule has 1 saturated heterocycles. The molecular weight excluding hydrogens is 260 g/mol. The number of hydrogen-bond donors (Lipinski definition) is 0. The summed E-state index contributed by atoms with van der Waals surface area (Å²) in [7, 11) is 4.34. The van der Waals surface area contributed by atoms with Crippen LogP contribution in [-0.2, 0) is 0 Å². The first-order valence-corrected chi connectivity index (χ1v) is 8.02. The molecule has 0 radical (unpaired) electrons. The number of aryl methyl sites for hydroxylation is 1. The van der Waals surface area contributed by atoms with Crippen LogP contribution in [0, 0.1) is 12.8 Å². The average Bonchev–Trinajstić information content (AvgIpc) is 2.48. The van der Waals surface area contributed by atoms with Crippen LogP contribution in [0.3, 0.4) is 0 Å². The molecule has 1 fully saturated rings. The van der Waals surface area contributed by atoms with Gasteiger partial charge in [0.25, 0.3) is 0 Å². The third-order valence-electron chi connectivity index (χ3n) is 4.57. The summed E-state index contributed by atoms with van der Waals surface area (Å²) in [5.41, 5.74) is 1.96. The van der Waals surface area contributed by atoms with Gasteiger partial charge < -0.3 is 9.80 Å². The Balaban J connectivity index is 1.75. The molecule has 1 aromatic carbocycles. The van der Waals surface area contributed by atoms with E-state index in [1.807, 2.05) is 31.2 Å². The summed E-state index contributed by atoms with van der Waals surface area (Å²) >= 11 is 0. The van der Waals surface area contributed by atoms with Gasteiger partial charge in [-0.05, 0) is 58.4 Å². The van der Waals surface area contributed by atoms with E-state index >= 15 is 0 Å². The number of nitrogens with zero attached hydrogens (tertiary/aromatic N) is 2. The fourth-order valence-electron chi connectivity index (χ4n) is 3.09. The molecule has 0 N–H and O–H groups in total. The van der Waals surface area contributed by atoms with E-state index in [1.54, 1.807) is 0 Å². The van der Waals surface area contributed by atoms with Gasteiger partial charge in [-0.2, -0.15) is 0 Å². The predicted molar refractivity (Wildman–Crippen MR) is 87.8 cm³/mol. The van der Waals surface area contributed by atoms with Gasteiger partial charge in [0, 0.05) is 25.1 Å². The molecule has 0 atom stereocenters. The fraction of sp³-hybridized carbons (Fsp3) is 0.611. The zero-order chi connectivity index (χ0) is 15.2. The summed E-state index contributed by atoms with van der Waals surface area (Å²) in [6, 6.07) is 7.88. The van der Waals surface area contributed by atoms with Crippen LogP contribution >= 0.6 is 0 Å². The monoisotopic (exact) mass is 288 g/mol. The Morgan fingerprint density at radius 2 is 1.95 bits per heavy atom. The fourth-order valence-corrected chi connectivity index (χ4v) is 3.09. The number of benzene rings is 1. The van der Waals surface area contributed by atoms with E-state index in [1.165, 1.54) is 25.9 Å². The Bertz CT molecular complexity index is 464. The van der Waals surface area contributed by atoms with Crippen LogP contribution in [0.1, 0.15) is 35.2 Å². The Hall–Kier alpha value is -1.19. The van der Waals surface area contributed by atoms with E-state index in [-0.39, 0.29) is 5.78 Å². The van der Waals surface area contributed by atoms with Crippen LogP contribution in [0.15, 0.2) is 24.3 Å². The lowest BCUT2D eigenvalue weighted by Crippen LogP contribution is -2.36. The Morgan fingerprint density at radius 1 is 1.29 bits per heavy atom. The van der Waals surface area contributed by atoms with Crippen molar-refractivity contribution < 1.29 is 4.79 Å². The molecule has 3 heteroatoms. The molecule has 1 aromatic rings. The maximum atomic E-state index is 12.3. The number of Topliss-reactive ketones (excluding diaryl/α,β-unsaturated/α-hetero) is 1. The SMILES string of the molecule is Cc1ccccc1C(=O)CCN(C)CC1CCN(C)CC1. The van der Waals surface area contributed by atoms with E-state index in [9.17, 15) is 4.79 Å². The third kappa shape index (κ3) is 4.94. The second-order valence-corrected chi connectivity index (χ2v) is 6.50. The Kier molecular flexibility index (Phi) is 5.95. The quantitative estimate of drug-likeness (QED) is 0.752. The largest absolute Gasteiger partial charge is 0.306 e. The summed E-state index contributed by atoms with van der Waals surface area (Å²) in [5, 5.41) is 0. The van der Waals surface area contributed by atoms with Crippen molar-refractivity contribution in [2.45, 2.75) is 26.2 Å². The lowest BCUT2D eigenvalue weighted by Gasteiger charge is -2.31. The molecule has 1 aliphatic heterocycles. The second kappa shape index (κ2) is 7.71. The van der Waals surface area contributed by atoms with Crippen LogP contribution in [0.2, 0.25) is 0 Å². The molecule has 1 heterocycles. The number of ketones is 1. The van der Waals surface area contributed by atoms with Crippen LogP contribution in [-0.4, -0.2) is 55.9 Å². The van der Waals surface area contributed by atoms with E-state index in [4.69, 9.17) is 0 Å². The summed E-state index contributed by atoms with van der Waals surface area (Å²) in [6.45, 7) is 6.41. The highest BCUT2D eigenvalue weighted by atomic mass is 16.1. The topological polar surface area (TPSA) is 23.6 Å². The van der Waals surface area contributed by atoms with Gasteiger partial charge in [0.15, 0.2) is 5.78 Å². The maximum Gasteiger partial charge on any atom is 0.164 e. The standard InChI is InChI=1S/C18H28N2O/c1-15-6-4-5-7-17(15)18(21)10-13-20(3)14-16-8-11-19(2)12-9-16/h4-7,16H,8-14H2,1-3H3. The van der Waals surface area contributed by atoms with Gasteiger partial charge in [-0.1, -0.05) is 24.3 Å². The van der Waals surface area contributed by atoms with Crippen LogP contribution < -0.4 is 0 Å². The van der Waals surface area contributed by atoms with Crippen molar-refractivity contribution in [1.82, 2.24) is 9.80 Å². The summed E-state index contributed by atoms with van der Waals surface area (Å²) in [5.74, 6) is 1.06. The van der Waals surface area contributed by atoms with Gasteiger partial charge in [0.2, 0.25) is 0 Å². The van der Waals surface area contributed by atoms with E-state index in [0.717, 1.165) is 30.1 Å². The lowest BCUT2D eigenvalue weighted by atomic mass is 9.96. The van der Waals surface area contributed by atoms with Crippen LogP contribution in [0.25, 0.3) is 0 Å². The van der Waals surface area contributed by atoms with Crippen molar-refractivity contribution in [3.8, 4) is 0 Å². The minimum Gasteiger partial charge on any atom is -0.306 e. The molecule has 2 rings (SSSR count). The minimum atomic E-state index is 0.267. The third-order valence-corrected chi connectivity index (χ3v) is 4.57. The molecule has 21 heavy (non-hydrogen) atoms. The highest BCUT2D eigenvalue weighted by Crippen LogP contribution is 2.17. The predicted octanol–water partition coefficient (Wildman–Crippen LogP) is 2.84. The van der Waals surface area contributed by atoms with Crippen molar-refractivity contribution in [3.63, 3.8) is 0 Å². The molecule has 1 aliphatic rings. The number of hydrogen-bond acceptors (Lipinski definition) is 3. The molecule has 0 spiro atoms. The Morgan fingerprint density at radius 3 is 2.62 bits per heavy atom. The van der Waals surface area contributed by atoms with Gasteiger partial charge in [-0.3, -0.25) is 4.79 Å². The first-order chi connectivity index (χ1) is 10.1. The van der Waals surface area contributed by atoms with Crippen molar-refractivity contribution in [2.24, 2.45) is 5.92 Å². The van der Waals surface area contributed by atoms with Gasteiger partial charge in [0.05, 0.1) is 0 Å². The maximum absolute atomic E-state index is 12.3. The van der Waals surface area contributed by atoms with Crippen LogP contribution in [0.4, 0.5) is 0 Å². The zero-order valence-electron chi connectivity index (χ0n) is 13.6. The Labute approximate surface area is 128 Å². The smallest absolute Gasteiger partial charge is 0.164 e. The van der Waals surface area contributed by atoms with E-state index in [2.05, 4.69) is 23.9 Å². The first kappa shape index (κ1) is 16.2. The normalized spacial score (nSPS) is 17.3. The molecule has 0 aromatic heterocycles. The van der Waals surface area contributed by atoms with Crippen molar-refractivity contribution in [1.29, 1.82) is 0 Å². The number of carbonyl (C=O) groups excluding carboxylic acids is 1. The average molecular weight is 288 g/mol. The van der Waals surface area contributed by atoms with Crippen molar-refractivity contribution in [2.75, 3.05) is 40.3 Å². The number of likely N-dealkylation sites (tertiary alicyclic amines) is 1. The minimum absolute atomic E-state index is 0.267. The molecule has 0 bridgehead atoms. The molecule has 0 aliphatic carbocycles. The molecule has 0 saturated carbocycles. The highest BCUT2D eigenvalue weighted by molar-refractivity contribution is 5.97. The molecular formula is C18H28N2O. The van der Waals surface area contributed by atoms with Gasteiger partial charge in [-0.25, -0.2) is 0 Å². The molecule has 3 nitrogen and oxygen atoms in total. The van der Waals surface area contributed by atoms with Gasteiger partial charge in [-0.15, -0.1) is 0 Å². The zero-order valence-corrected chi connectivity index (χ0v) is 13.6. The second-order valence-electron chi connectivity index (χ2n) is 6.50. The van der Waals surface area contributed by atoms with E-state index < -0.39 is 0 Å². The van der Waals surface area contributed by atoms with Crippen molar-refractivity contribution >= 4 is 5.78 Å². The molecule has 0 unspecified atom stereocenters. The first-order valence-electron chi connectivity index (χ1n) is 8.02. The van der Waals surface area contributed by atoms with Gasteiger partial charge in [0.1, 0.15) is 0 Å². The summed E-state index contributed by atoms with van der Waals surface area (Å²) in [4.78, 5) is 17.0. The number of carbonyl (C=O) groups is 1. The summed E-state index contributed by atoms with van der Waals surface area (Å²) < 4.78 is 0. The lowest BCUT2D eigenvalue weighted by molar-refractivity contribution is 0.0960. The molecule has 0 amide bonds. The van der Waals surface area contributed by atoms with Gasteiger partial charge >= 0.3 is 0 Å². The molecule has 116 valence electrons. The van der Waals surface area contributed by atoms with Crippen LogP contribution in [0.5, 0.6) is 0 Å². The number of piperidine rings is 1. The highest BCUT2D eigenvalue weighted by Gasteiger charge is 2.18.